The van der Waals surface area contributed by atoms with Crippen LogP contribution >= 0.6 is 11.8 Å². The summed E-state index contributed by atoms with van der Waals surface area (Å²) in [6.45, 7) is 0.984. The van der Waals surface area contributed by atoms with Gasteiger partial charge in [0.15, 0.2) is 0 Å². The van der Waals surface area contributed by atoms with Crippen LogP contribution in [0.25, 0.3) is 22.5 Å². The molecule has 0 radical (unpaired) electrons. The molecule has 0 N–H and O–H groups in total. The Kier molecular flexibility index (Phi) is 4.91. The van der Waals surface area contributed by atoms with Crippen LogP contribution in [0.4, 0.5) is 0 Å². The van der Waals surface area contributed by atoms with Crippen LogP contribution in [0.2, 0.25) is 0 Å². The molecule has 0 saturated heterocycles. The summed E-state index contributed by atoms with van der Waals surface area (Å²) in [5, 5.41) is 0. The van der Waals surface area contributed by atoms with Gasteiger partial charge in [0.05, 0.1) is 17.7 Å². The van der Waals surface area contributed by atoms with Gasteiger partial charge in [-0.2, -0.15) is 11.8 Å². The molecule has 0 aliphatic carbocycles. The monoisotopic (exact) mass is 309 g/mol. The molecule has 3 rings (SSSR count). The minimum atomic E-state index is 0.984. The van der Waals surface area contributed by atoms with Gasteiger partial charge in [-0.25, -0.2) is 4.98 Å². The summed E-state index contributed by atoms with van der Waals surface area (Å²) in [6.07, 6.45) is 8.92. The number of benzene rings is 1. The molecule has 0 spiro atoms. The number of pyridine rings is 1. The molecule has 0 unspecified atom stereocenters. The lowest BCUT2D eigenvalue weighted by molar-refractivity contribution is 0.689. The molecular weight excluding hydrogens is 290 g/mol. The lowest BCUT2D eigenvalue weighted by Crippen LogP contribution is -2.00. The van der Waals surface area contributed by atoms with E-state index in [0.29, 0.717) is 0 Å². The second kappa shape index (κ2) is 7.27. The Morgan fingerprint density at radius 3 is 2.50 bits per heavy atom. The standard InChI is InChI=1S/C18H19N3S/c1-22-13-5-12-21-14-20-17(15-6-3-2-4-7-15)18(21)16-8-10-19-11-9-16/h2-4,6-11,14H,5,12-13H2,1H3. The van der Waals surface area contributed by atoms with Crippen molar-refractivity contribution in [3.05, 3.63) is 61.2 Å². The van der Waals surface area contributed by atoms with E-state index in [1.807, 2.05) is 36.5 Å². The van der Waals surface area contributed by atoms with Crippen molar-refractivity contribution in [2.45, 2.75) is 13.0 Å². The lowest BCUT2D eigenvalue weighted by atomic mass is 10.1. The maximum Gasteiger partial charge on any atom is 0.0963 e. The third-order valence-electron chi connectivity index (χ3n) is 3.59. The van der Waals surface area contributed by atoms with Crippen molar-refractivity contribution < 1.29 is 0 Å². The highest BCUT2D eigenvalue weighted by atomic mass is 32.2. The number of aromatic nitrogens is 3. The van der Waals surface area contributed by atoms with Gasteiger partial charge in [-0.05, 0) is 30.6 Å². The summed E-state index contributed by atoms with van der Waals surface area (Å²) in [5.41, 5.74) is 4.53. The van der Waals surface area contributed by atoms with Crippen LogP contribution in [0.3, 0.4) is 0 Å². The van der Waals surface area contributed by atoms with Gasteiger partial charge in [-0.3, -0.25) is 4.98 Å². The predicted molar refractivity (Wildman–Crippen MR) is 93.9 cm³/mol. The zero-order valence-electron chi connectivity index (χ0n) is 12.6. The van der Waals surface area contributed by atoms with E-state index in [1.165, 1.54) is 5.69 Å². The maximum atomic E-state index is 4.68. The first kappa shape index (κ1) is 14.9. The first-order chi connectivity index (χ1) is 10.9. The van der Waals surface area contributed by atoms with Crippen LogP contribution < -0.4 is 0 Å². The fraction of sp³-hybridized carbons (Fsp3) is 0.222. The highest BCUT2D eigenvalue weighted by Gasteiger charge is 2.14. The molecule has 2 heterocycles. The lowest BCUT2D eigenvalue weighted by Gasteiger charge is -2.10. The van der Waals surface area contributed by atoms with Crippen molar-refractivity contribution in [3.63, 3.8) is 0 Å². The van der Waals surface area contributed by atoms with Crippen LogP contribution in [0.1, 0.15) is 6.42 Å². The van der Waals surface area contributed by atoms with Gasteiger partial charge in [0.25, 0.3) is 0 Å². The van der Waals surface area contributed by atoms with Gasteiger partial charge >= 0.3 is 0 Å². The van der Waals surface area contributed by atoms with Crippen LogP contribution in [0.15, 0.2) is 61.2 Å². The second-order valence-corrected chi connectivity index (χ2v) is 6.07. The molecule has 22 heavy (non-hydrogen) atoms. The summed E-state index contributed by atoms with van der Waals surface area (Å²) in [6, 6.07) is 14.5. The number of hydrogen-bond donors (Lipinski definition) is 0. The van der Waals surface area contributed by atoms with Gasteiger partial charge in [-0.15, -0.1) is 0 Å². The molecule has 0 bridgehead atoms. The van der Waals surface area contributed by atoms with Crippen molar-refractivity contribution in [2.24, 2.45) is 0 Å². The van der Waals surface area contributed by atoms with Crippen LogP contribution in [-0.2, 0) is 6.54 Å². The molecule has 112 valence electrons. The highest BCUT2D eigenvalue weighted by molar-refractivity contribution is 7.98. The molecule has 0 amide bonds. The van der Waals surface area contributed by atoms with Crippen molar-refractivity contribution in [1.82, 2.24) is 14.5 Å². The third kappa shape index (κ3) is 3.22. The minimum absolute atomic E-state index is 0.984. The van der Waals surface area contributed by atoms with E-state index in [0.717, 1.165) is 35.5 Å². The first-order valence-corrected chi connectivity index (χ1v) is 8.79. The second-order valence-electron chi connectivity index (χ2n) is 5.08. The normalized spacial score (nSPS) is 10.8. The van der Waals surface area contributed by atoms with Gasteiger partial charge in [0.2, 0.25) is 0 Å². The average molecular weight is 309 g/mol. The van der Waals surface area contributed by atoms with E-state index in [-0.39, 0.29) is 0 Å². The van der Waals surface area contributed by atoms with E-state index in [2.05, 4.69) is 57.2 Å². The quantitative estimate of drug-likeness (QED) is 0.634. The fourth-order valence-electron chi connectivity index (χ4n) is 2.55. The largest absolute Gasteiger partial charge is 0.330 e. The van der Waals surface area contributed by atoms with Crippen molar-refractivity contribution in [2.75, 3.05) is 12.0 Å². The van der Waals surface area contributed by atoms with Crippen molar-refractivity contribution >= 4 is 11.8 Å². The molecule has 3 nitrogen and oxygen atoms in total. The van der Waals surface area contributed by atoms with E-state index < -0.39 is 0 Å². The summed E-state index contributed by atoms with van der Waals surface area (Å²) in [7, 11) is 0. The van der Waals surface area contributed by atoms with Gasteiger partial charge < -0.3 is 4.57 Å². The molecule has 0 fully saturated rings. The van der Waals surface area contributed by atoms with E-state index in [9.17, 15) is 0 Å². The smallest absolute Gasteiger partial charge is 0.0963 e. The number of nitrogens with zero attached hydrogens (tertiary/aromatic N) is 3. The Hall–Kier alpha value is -2.07. The third-order valence-corrected chi connectivity index (χ3v) is 4.28. The van der Waals surface area contributed by atoms with Crippen LogP contribution in [0, 0.1) is 0 Å². The zero-order chi connectivity index (χ0) is 15.2. The Labute approximate surface area is 135 Å². The molecule has 0 aliphatic heterocycles. The van der Waals surface area contributed by atoms with Gasteiger partial charge in [-0.1, -0.05) is 30.3 Å². The number of imidazole rings is 1. The zero-order valence-corrected chi connectivity index (χ0v) is 13.5. The number of thioether (sulfide) groups is 1. The van der Waals surface area contributed by atoms with Crippen LogP contribution in [0.5, 0.6) is 0 Å². The van der Waals surface area contributed by atoms with Crippen molar-refractivity contribution in [1.29, 1.82) is 0 Å². The van der Waals surface area contributed by atoms with Crippen molar-refractivity contribution in [3.8, 4) is 22.5 Å². The summed E-state index contributed by atoms with van der Waals surface area (Å²) in [5.74, 6) is 1.16. The molecule has 2 aromatic heterocycles. The number of hydrogen-bond acceptors (Lipinski definition) is 3. The molecule has 0 saturated carbocycles. The average Bonchev–Trinajstić information content (AvgIpc) is 3.01. The highest BCUT2D eigenvalue weighted by Crippen LogP contribution is 2.31. The predicted octanol–water partition coefficient (Wildman–Crippen LogP) is 4.37. The SMILES string of the molecule is CSCCCn1cnc(-c2ccccc2)c1-c1ccncc1. The Morgan fingerprint density at radius 1 is 1.00 bits per heavy atom. The molecular formula is C18H19N3S. The summed E-state index contributed by atoms with van der Waals surface area (Å²) < 4.78 is 2.26. The Balaban J connectivity index is 2.04. The van der Waals surface area contributed by atoms with Gasteiger partial charge in [0, 0.05) is 30.1 Å². The number of aryl methyl sites for hydroxylation is 1. The summed E-state index contributed by atoms with van der Waals surface area (Å²) >= 11 is 1.88. The topological polar surface area (TPSA) is 30.7 Å². The molecule has 1 aromatic carbocycles. The summed E-state index contributed by atoms with van der Waals surface area (Å²) in [4.78, 5) is 8.81. The number of rotatable bonds is 6. The Morgan fingerprint density at radius 2 is 1.77 bits per heavy atom. The molecule has 0 atom stereocenters. The fourth-order valence-corrected chi connectivity index (χ4v) is 2.97. The van der Waals surface area contributed by atoms with E-state index >= 15 is 0 Å². The first-order valence-electron chi connectivity index (χ1n) is 7.40. The molecule has 3 aromatic rings. The van der Waals surface area contributed by atoms with E-state index in [4.69, 9.17) is 0 Å². The minimum Gasteiger partial charge on any atom is -0.330 e. The van der Waals surface area contributed by atoms with Gasteiger partial charge in [0.1, 0.15) is 0 Å². The molecule has 4 heteroatoms. The maximum absolute atomic E-state index is 4.68. The Bertz CT molecular complexity index is 708. The molecule has 0 aliphatic rings. The van der Waals surface area contributed by atoms with Crippen LogP contribution in [-0.4, -0.2) is 26.5 Å². The van der Waals surface area contributed by atoms with E-state index in [1.54, 1.807) is 0 Å².